The van der Waals surface area contributed by atoms with Gasteiger partial charge in [-0.15, -0.1) is 0 Å². The number of carboxylic acids is 1. The number of carbonyl (C=O) groups excluding carboxylic acids is 1. The van der Waals surface area contributed by atoms with Crippen LogP contribution < -0.4 is 9.47 Å². The van der Waals surface area contributed by atoms with Crippen molar-refractivity contribution in [1.29, 1.82) is 0 Å². The van der Waals surface area contributed by atoms with Crippen LogP contribution in [0.3, 0.4) is 0 Å². The lowest BCUT2D eigenvalue weighted by atomic mass is 10.0. The van der Waals surface area contributed by atoms with Crippen molar-refractivity contribution in [3.8, 4) is 11.5 Å². The standard InChI is InChI=1S/C20H19NO5/c22-19(14-3-1-4-15(11-14)20(23)24)21-8-2-5-16(21)13-6-7-17-18(12-13)26-10-9-25-17/h1,3-4,6-7,11-12,16H,2,5,8-10H2,(H,23,24). The van der Waals surface area contributed by atoms with Gasteiger partial charge in [-0.25, -0.2) is 4.79 Å². The van der Waals surface area contributed by atoms with Crippen LogP contribution in [0.25, 0.3) is 0 Å². The molecule has 0 saturated carbocycles. The Balaban J connectivity index is 1.61. The fraction of sp³-hybridized carbons (Fsp3) is 0.300. The molecule has 2 aliphatic heterocycles. The molecule has 2 heterocycles. The maximum absolute atomic E-state index is 13.0. The molecule has 1 atom stereocenters. The van der Waals surface area contributed by atoms with Crippen molar-refractivity contribution in [1.82, 2.24) is 4.90 Å². The van der Waals surface area contributed by atoms with E-state index in [4.69, 9.17) is 14.6 Å². The molecule has 134 valence electrons. The number of nitrogens with zero attached hydrogens (tertiary/aromatic N) is 1. The molecule has 1 N–H and O–H groups in total. The molecular weight excluding hydrogens is 334 g/mol. The Morgan fingerprint density at radius 1 is 1.00 bits per heavy atom. The second-order valence-electron chi connectivity index (χ2n) is 6.45. The van der Waals surface area contributed by atoms with Crippen LogP contribution in [-0.4, -0.2) is 41.6 Å². The molecule has 0 aromatic heterocycles. The summed E-state index contributed by atoms with van der Waals surface area (Å²) in [7, 11) is 0. The van der Waals surface area contributed by atoms with Crippen LogP contribution in [0.5, 0.6) is 11.5 Å². The average molecular weight is 353 g/mol. The SMILES string of the molecule is O=C(O)c1cccc(C(=O)N2CCCC2c2ccc3c(c2)OCCO3)c1. The number of ether oxygens (including phenoxy) is 2. The minimum absolute atomic E-state index is 0.0492. The van der Waals surface area contributed by atoms with E-state index >= 15 is 0 Å². The lowest BCUT2D eigenvalue weighted by Gasteiger charge is -2.27. The summed E-state index contributed by atoms with van der Waals surface area (Å²) in [5.74, 6) is 0.251. The summed E-state index contributed by atoms with van der Waals surface area (Å²) in [5.41, 5.74) is 1.52. The molecule has 0 aliphatic carbocycles. The Bertz CT molecular complexity index is 863. The fourth-order valence-electron chi connectivity index (χ4n) is 3.57. The second kappa shape index (κ2) is 6.71. The third-order valence-corrected chi connectivity index (χ3v) is 4.82. The molecule has 4 rings (SSSR count). The van der Waals surface area contributed by atoms with Crippen LogP contribution in [0.2, 0.25) is 0 Å². The Kier molecular flexibility index (Phi) is 4.24. The smallest absolute Gasteiger partial charge is 0.335 e. The van der Waals surface area contributed by atoms with Gasteiger partial charge in [-0.3, -0.25) is 4.79 Å². The first-order chi connectivity index (χ1) is 12.6. The number of benzene rings is 2. The number of hydrogen-bond acceptors (Lipinski definition) is 4. The molecule has 0 spiro atoms. The maximum Gasteiger partial charge on any atom is 0.335 e. The minimum Gasteiger partial charge on any atom is -0.486 e. The predicted molar refractivity (Wildman–Crippen MR) is 93.8 cm³/mol. The monoisotopic (exact) mass is 353 g/mol. The van der Waals surface area contributed by atoms with E-state index in [1.807, 2.05) is 23.1 Å². The van der Waals surface area contributed by atoms with Gasteiger partial charge in [0.05, 0.1) is 11.6 Å². The van der Waals surface area contributed by atoms with E-state index in [9.17, 15) is 9.59 Å². The van der Waals surface area contributed by atoms with Gasteiger partial charge < -0.3 is 19.5 Å². The summed E-state index contributed by atoms with van der Waals surface area (Å²) in [6.45, 7) is 1.71. The first-order valence-electron chi connectivity index (χ1n) is 8.67. The van der Waals surface area contributed by atoms with E-state index in [1.54, 1.807) is 12.1 Å². The van der Waals surface area contributed by atoms with E-state index in [-0.39, 0.29) is 17.5 Å². The predicted octanol–water partition coefficient (Wildman–Crippen LogP) is 3.13. The zero-order valence-corrected chi connectivity index (χ0v) is 14.2. The topological polar surface area (TPSA) is 76.1 Å². The van der Waals surface area contributed by atoms with Gasteiger partial charge in [0.25, 0.3) is 5.91 Å². The fourth-order valence-corrected chi connectivity index (χ4v) is 3.57. The first kappa shape index (κ1) is 16.4. The molecule has 2 aromatic carbocycles. The zero-order valence-electron chi connectivity index (χ0n) is 14.2. The molecule has 2 aliphatic rings. The lowest BCUT2D eigenvalue weighted by Crippen LogP contribution is -2.30. The number of carbonyl (C=O) groups is 2. The van der Waals surface area contributed by atoms with Crippen molar-refractivity contribution in [2.24, 2.45) is 0 Å². The normalized spacial score (nSPS) is 18.6. The van der Waals surface area contributed by atoms with Gasteiger partial charge in [-0.2, -0.15) is 0 Å². The summed E-state index contributed by atoms with van der Waals surface area (Å²) < 4.78 is 11.2. The lowest BCUT2D eigenvalue weighted by molar-refractivity contribution is 0.0697. The summed E-state index contributed by atoms with van der Waals surface area (Å²) in [5, 5.41) is 9.15. The third-order valence-electron chi connectivity index (χ3n) is 4.82. The number of fused-ring (bicyclic) bond motifs is 1. The van der Waals surface area contributed by atoms with Crippen LogP contribution in [0.1, 0.15) is 45.2 Å². The summed E-state index contributed by atoms with van der Waals surface area (Å²) in [6, 6.07) is 11.9. The van der Waals surface area contributed by atoms with E-state index < -0.39 is 5.97 Å². The Morgan fingerprint density at radius 3 is 2.58 bits per heavy atom. The Hall–Kier alpha value is -3.02. The molecule has 1 unspecified atom stereocenters. The van der Waals surface area contributed by atoms with Gasteiger partial charge in [0.2, 0.25) is 0 Å². The highest BCUT2D eigenvalue weighted by molar-refractivity contribution is 5.97. The van der Waals surface area contributed by atoms with Crippen LogP contribution in [0.4, 0.5) is 0 Å². The van der Waals surface area contributed by atoms with Crippen LogP contribution >= 0.6 is 0 Å². The van der Waals surface area contributed by atoms with Crippen LogP contribution in [0, 0.1) is 0 Å². The minimum atomic E-state index is -1.04. The van der Waals surface area contributed by atoms with Crippen LogP contribution in [0.15, 0.2) is 42.5 Å². The van der Waals surface area contributed by atoms with Crippen molar-refractivity contribution in [3.63, 3.8) is 0 Å². The molecule has 1 amide bonds. The highest BCUT2D eigenvalue weighted by atomic mass is 16.6. The molecule has 1 saturated heterocycles. The van der Waals surface area contributed by atoms with Gasteiger partial charge in [0.1, 0.15) is 13.2 Å². The summed E-state index contributed by atoms with van der Waals surface area (Å²) >= 11 is 0. The number of amides is 1. The van der Waals surface area contributed by atoms with Gasteiger partial charge in [0, 0.05) is 12.1 Å². The highest BCUT2D eigenvalue weighted by Gasteiger charge is 2.31. The molecular formula is C20H19NO5. The zero-order chi connectivity index (χ0) is 18.1. The number of rotatable bonds is 3. The van der Waals surface area contributed by atoms with Crippen molar-refractivity contribution in [3.05, 3.63) is 59.2 Å². The first-order valence-corrected chi connectivity index (χ1v) is 8.67. The molecule has 6 nitrogen and oxygen atoms in total. The molecule has 26 heavy (non-hydrogen) atoms. The molecule has 1 fully saturated rings. The largest absolute Gasteiger partial charge is 0.486 e. The van der Waals surface area contributed by atoms with Crippen molar-refractivity contribution in [2.45, 2.75) is 18.9 Å². The number of aromatic carboxylic acids is 1. The number of carboxylic acid groups (broad SMARTS) is 1. The third kappa shape index (κ3) is 2.98. The molecule has 0 bridgehead atoms. The molecule has 2 aromatic rings. The Labute approximate surface area is 151 Å². The molecule has 6 heteroatoms. The maximum atomic E-state index is 13.0. The Morgan fingerprint density at radius 2 is 1.77 bits per heavy atom. The molecule has 0 radical (unpaired) electrons. The van der Waals surface area contributed by atoms with Gasteiger partial charge in [0.15, 0.2) is 11.5 Å². The quantitative estimate of drug-likeness (QED) is 0.917. The summed E-state index contributed by atoms with van der Waals surface area (Å²) in [6.07, 6.45) is 1.77. The highest BCUT2D eigenvalue weighted by Crippen LogP contribution is 2.38. The van der Waals surface area contributed by atoms with Crippen molar-refractivity contribution < 1.29 is 24.2 Å². The van der Waals surface area contributed by atoms with E-state index in [0.717, 1.165) is 24.2 Å². The van der Waals surface area contributed by atoms with Gasteiger partial charge in [-0.05, 0) is 48.7 Å². The van der Waals surface area contributed by atoms with E-state index in [0.29, 0.717) is 31.1 Å². The van der Waals surface area contributed by atoms with Crippen molar-refractivity contribution in [2.75, 3.05) is 19.8 Å². The summed E-state index contributed by atoms with van der Waals surface area (Å²) in [4.78, 5) is 26.0. The second-order valence-corrected chi connectivity index (χ2v) is 6.45. The van der Waals surface area contributed by atoms with Crippen LogP contribution in [-0.2, 0) is 0 Å². The number of hydrogen-bond donors (Lipinski definition) is 1. The van der Waals surface area contributed by atoms with E-state index in [2.05, 4.69) is 0 Å². The van der Waals surface area contributed by atoms with Gasteiger partial charge in [-0.1, -0.05) is 12.1 Å². The number of likely N-dealkylation sites (tertiary alicyclic amines) is 1. The van der Waals surface area contributed by atoms with Gasteiger partial charge >= 0.3 is 5.97 Å². The van der Waals surface area contributed by atoms with E-state index in [1.165, 1.54) is 12.1 Å². The average Bonchev–Trinajstić information content (AvgIpc) is 3.17. The van der Waals surface area contributed by atoms with Crippen molar-refractivity contribution >= 4 is 11.9 Å².